The van der Waals surface area contributed by atoms with Crippen molar-refractivity contribution < 1.29 is 13.2 Å². The summed E-state index contributed by atoms with van der Waals surface area (Å²) in [5.41, 5.74) is 2.46. The van der Waals surface area contributed by atoms with Gasteiger partial charge in [0.2, 0.25) is 15.9 Å². The molecule has 1 aromatic carbocycles. The molecule has 1 aromatic rings. The molecule has 1 heterocycles. The number of fused-ring (bicyclic) bond motifs is 1. The normalized spacial score (nSPS) is 17.8. The summed E-state index contributed by atoms with van der Waals surface area (Å²) in [6.45, 7) is 13.8. The number of hydrogen-bond donors (Lipinski definition) is 0. The molecule has 1 aliphatic heterocycles. The molecule has 0 unspecified atom stereocenters. The Morgan fingerprint density at radius 1 is 1.06 bits per heavy atom. The Bertz CT molecular complexity index is 872. The van der Waals surface area contributed by atoms with Crippen LogP contribution in [-0.4, -0.2) is 74.2 Å². The highest BCUT2D eigenvalue weighted by molar-refractivity contribution is 7.89. The molecule has 1 fully saturated rings. The van der Waals surface area contributed by atoms with E-state index in [2.05, 4.69) is 32.6 Å². The van der Waals surface area contributed by atoms with Gasteiger partial charge in [0.05, 0.1) is 4.90 Å². The zero-order chi connectivity index (χ0) is 23.3. The molecule has 1 aliphatic carbocycles. The molecule has 0 N–H and O–H groups in total. The van der Waals surface area contributed by atoms with Gasteiger partial charge < -0.3 is 9.80 Å². The second-order valence-electron chi connectivity index (χ2n) is 9.67. The summed E-state index contributed by atoms with van der Waals surface area (Å²) in [6.07, 6.45) is 4.32. The highest BCUT2D eigenvalue weighted by atomic mass is 32.2. The lowest BCUT2D eigenvalue weighted by molar-refractivity contribution is -0.137. The molecule has 7 heteroatoms. The van der Waals surface area contributed by atoms with Crippen LogP contribution in [0, 0.1) is 11.8 Å². The van der Waals surface area contributed by atoms with Crippen molar-refractivity contribution in [1.29, 1.82) is 0 Å². The minimum atomic E-state index is -3.50. The Morgan fingerprint density at radius 2 is 1.72 bits per heavy atom. The highest BCUT2D eigenvalue weighted by Crippen LogP contribution is 2.29. The molecule has 0 spiro atoms. The zero-order valence-electron chi connectivity index (χ0n) is 20.3. The molecule has 1 saturated heterocycles. The molecular formula is C25H41N3O3S. The third-order valence-electron chi connectivity index (χ3n) is 6.99. The number of carbonyl (C=O) groups excluding carboxylic acids is 1. The average molecular weight is 464 g/mol. The molecule has 180 valence electrons. The van der Waals surface area contributed by atoms with Crippen LogP contribution in [0.1, 0.15) is 58.1 Å². The maximum atomic E-state index is 13.3. The number of aryl methyl sites for hydroxylation is 2. The van der Waals surface area contributed by atoms with Gasteiger partial charge in [0.25, 0.3) is 0 Å². The first-order valence-corrected chi connectivity index (χ1v) is 13.8. The van der Waals surface area contributed by atoms with Gasteiger partial charge in [-0.15, -0.1) is 0 Å². The van der Waals surface area contributed by atoms with Crippen molar-refractivity contribution in [2.75, 3.05) is 45.8 Å². The summed E-state index contributed by atoms with van der Waals surface area (Å²) in [6, 6.07) is 5.60. The zero-order valence-corrected chi connectivity index (χ0v) is 21.2. The van der Waals surface area contributed by atoms with Crippen LogP contribution in [0.4, 0.5) is 0 Å². The molecule has 0 atom stereocenters. The fourth-order valence-corrected chi connectivity index (χ4v) is 6.51. The molecule has 6 nitrogen and oxygen atoms in total. The first-order valence-electron chi connectivity index (χ1n) is 12.4. The van der Waals surface area contributed by atoms with Crippen LogP contribution < -0.4 is 0 Å². The van der Waals surface area contributed by atoms with Crippen LogP contribution in [0.25, 0.3) is 0 Å². The van der Waals surface area contributed by atoms with E-state index < -0.39 is 10.0 Å². The van der Waals surface area contributed by atoms with E-state index in [1.165, 1.54) is 11.1 Å². The van der Waals surface area contributed by atoms with Crippen LogP contribution in [0.5, 0.6) is 0 Å². The molecule has 0 radical (unpaired) electrons. The van der Waals surface area contributed by atoms with E-state index in [9.17, 15) is 13.2 Å². The number of benzene rings is 1. The number of carbonyl (C=O) groups is 1. The van der Waals surface area contributed by atoms with Crippen molar-refractivity contribution >= 4 is 15.9 Å². The van der Waals surface area contributed by atoms with Crippen molar-refractivity contribution in [2.45, 2.75) is 64.7 Å². The molecule has 0 saturated carbocycles. The van der Waals surface area contributed by atoms with Gasteiger partial charge in [-0.1, -0.05) is 33.8 Å². The standard InChI is InChI=1S/C25H41N3O3S/c1-5-26(6-2)16-17-27(19-20(3)4)25(29)22-12-14-28(15-13-22)32(30,31)24-11-10-21-8-7-9-23(21)18-24/h10-11,18,20,22H,5-9,12-17,19H2,1-4H3. The minimum Gasteiger partial charge on any atom is -0.341 e. The monoisotopic (exact) mass is 463 g/mol. The van der Waals surface area contributed by atoms with E-state index in [0.29, 0.717) is 36.7 Å². The number of piperidine rings is 1. The van der Waals surface area contributed by atoms with Crippen molar-refractivity contribution in [3.05, 3.63) is 29.3 Å². The minimum absolute atomic E-state index is 0.0862. The summed E-state index contributed by atoms with van der Waals surface area (Å²) in [7, 11) is -3.50. The van der Waals surface area contributed by atoms with Gasteiger partial charge in [0.15, 0.2) is 0 Å². The SMILES string of the molecule is CCN(CC)CCN(CC(C)C)C(=O)C1CCN(S(=O)(=O)c2ccc3c(c2)CCC3)CC1. The summed E-state index contributed by atoms with van der Waals surface area (Å²) >= 11 is 0. The van der Waals surface area contributed by atoms with Crippen molar-refractivity contribution in [2.24, 2.45) is 11.8 Å². The molecule has 3 rings (SSSR count). The van der Waals surface area contributed by atoms with E-state index in [0.717, 1.165) is 52.0 Å². The fraction of sp³-hybridized carbons (Fsp3) is 0.720. The molecule has 0 aromatic heterocycles. The smallest absolute Gasteiger partial charge is 0.243 e. The van der Waals surface area contributed by atoms with E-state index in [4.69, 9.17) is 0 Å². The predicted molar refractivity (Wildman–Crippen MR) is 129 cm³/mol. The number of sulfonamides is 1. The van der Waals surface area contributed by atoms with Gasteiger partial charge in [0, 0.05) is 38.6 Å². The quantitative estimate of drug-likeness (QED) is 0.534. The number of likely N-dealkylation sites (N-methyl/N-ethyl adjacent to an activating group) is 1. The first kappa shape index (κ1) is 25.2. The van der Waals surface area contributed by atoms with E-state index >= 15 is 0 Å². The van der Waals surface area contributed by atoms with Crippen molar-refractivity contribution in [3.8, 4) is 0 Å². The largest absolute Gasteiger partial charge is 0.341 e. The number of amides is 1. The summed E-state index contributed by atoms with van der Waals surface area (Å²) < 4.78 is 28.0. The summed E-state index contributed by atoms with van der Waals surface area (Å²) in [4.78, 5) is 18.1. The van der Waals surface area contributed by atoms with Crippen molar-refractivity contribution in [3.63, 3.8) is 0 Å². The topological polar surface area (TPSA) is 60.9 Å². The number of rotatable bonds is 10. The average Bonchev–Trinajstić information content (AvgIpc) is 3.26. The van der Waals surface area contributed by atoms with Gasteiger partial charge in [-0.2, -0.15) is 4.31 Å². The Hall–Kier alpha value is -1.44. The maximum absolute atomic E-state index is 13.3. The molecule has 1 amide bonds. The first-order chi connectivity index (χ1) is 15.3. The van der Waals surface area contributed by atoms with Gasteiger partial charge in [-0.05, 0) is 74.4 Å². The maximum Gasteiger partial charge on any atom is 0.243 e. The van der Waals surface area contributed by atoms with Crippen LogP contribution in [0.2, 0.25) is 0 Å². The second-order valence-corrected chi connectivity index (χ2v) is 11.6. The highest BCUT2D eigenvalue weighted by Gasteiger charge is 2.34. The third-order valence-corrected chi connectivity index (χ3v) is 8.88. The summed E-state index contributed by atoms with van der Waals surface area (Å²) in [5.74, 6) is 0.522. The molecule has 32 heavy (non-hydrogen) atoms. The fourth-order valence-electron chi connectivity index (χ4n) is 4.99. The van der Waals surface area contributed by atoms with Crippen LogP contribution >= 0.6 is 0 Å². The van der Waals surface area contributed by atoms with E-state index in [1.807, 2.05) is 17.0 Å². The van der Waals surface area contributed by atoms with E-state index in [-0.39, 0.29) is 11.8 Å². The molecule has 2 aliphatic rings. The van der Waals surface area contributed by atoms with E-state index in [1.54, 1.807) is 10.4 Å². The Labute approximate surface area is 195 Å². The lowest BCUT2D eigenvalue weighted by atomic mass is 9.96. The predicted octanol–water partition coefficient (Wildman–Crippen LogP) is 3.40. The molecule has 0 bridgehead atoms. The number of hydrogen-bond acceptors (Lipinski definition) is 4. The van der Waals surface area contributed by atoms with Crippen LogP contribution in [0.3, 0.4) is 0 Å². The van der Waals surface area contributed by atoms with Gasteiger partial charge in [-0.25, -0.2) is 8.42 Å². The Kier molecular flexibility index (Phi) is 8.75. The number of nitrogens with zero attached hydrogens (tertiary/aromatic N) is 3. The second kappa shape index (κ2) is 11.1. The van der Waals surface area contributed by atoms with Crippen LogP contribution in [-0.2, 0) is 27.7 Å². The lowest BCUT2D eigenvalue weighted by Gasteiger charge is -2.35. The van der Waals surface area contributed by atoms with Gasteiger partial charge >= 0.3 is 0 Å². The summed E-state index contributed by atoms with van der Waals surface area (Å²) in [5, 5.41) is 0. The Balaban J connectivity index is 1.62. The van der Waals surface area contributed by atoms with Crippen LogP contribution in [0.15, 0.2) is 23.1 Å². The lowest BCUT2D eigenvalue weighted by Crippen LogP contribution is -2.47. The van der Waals surface area contributed by atoms with Gasteiger partial charge in [0.1, 0.15) is 0 Å². The van der Waals surface area contributed by atoms with Crippen molar-refractivity contribution in [1.82, 2.24) is 14.1 Å². The third kappa shape index (κ3) is 5.91. The molecular weight excluding hydrogens is 422 g/mol. The Morgan fingerprint density at radius 3 is 2.34 bits per heavy atom. The van der Waals surface area contributed by atoms with Gasteiger partial charge in [-0.3, -0.25) is 4.79 Å².